The van der Waals surface area contributed by atoms with Crippen LogP contribution in [0.1, 0.15) is 17.3 Å². The first-order valence-electron chi connectivity index (χ1n) is 9.53. The molecule has 2 heterocycles. The van der Waals surface area contributed by atoms with E-state index in [9.17, 15) is 0 Å². The van der Waals surface area contributed by atoms with E-state index in [4.69, 9.17) is 14.5 Å². The maximum Gasteiger partial charge on any atom is 0.156 e. The Kier molecular flexibility index (Phi) is 5.29. The minimum Gasteiger partial charge on any atom is -0.386 e. The third kappa shape index (κ3) is 4.13. The molecule has 0 spiro atoms. The molecule has 7 nitrogen and oxygen atoms in total. The van der Waals surface area contributed by atoms with Crippen molar-refractivity contribution in [2.24, 2.45) is 0 Å². The number of para-hydroxylation sites is 3. The quantitative estimate of drug-likeness (QED) is 0.491. The largest absolute Gasteiger partial charge is 0.386 e. The molecule has 0 saturated heterocycles. The average molecular weight is 388 g/mol. The molecule has 7 heteroatoms. The molecule has 0 atom stereocenters. The molecular formula is C22H24N6O. The maximum atomic E-state index is 5.38. The zero-order valence-electron chi connectivity index (χ0n) is 16.8. The summed E-state index contributed by atoms with van der Waals surface area (Å²) in [6.07, 6.45) is 0. The minimum atomic E-state index is 0.520. The topological polar surface area (TPSA) is 79.1 Å². The van der Waals surface area contributed by atoms with Gasteiger partial charge in [0.05, 0.1) is 35.7 Å². The van der Waals surface area contributed by atoms with Crippen molar-refractivity contribution in [2.75, 3.05) is 29.6 Å². The van der Waals surface area contributed by atoms with Crippen LogP contribution in [0.3, 0.4) is 0 Å². The van der Waals surface area contributed by atoms with Gasteiger partial charge in [-0.15, -0.1) is 0 Å². The second kappa shape index (κ2) is 8.18. The van der Waals surface area contributed by atoms with Crippen molar-refractivity contribution in [3.63, 3.8) is 0 Å². The summed E-state index contributed by atoms with van der Waals surface area (Å²) in [6, 6.07) is 18.1. The predicted molar refractivity (Wildman–Crippen MR) is 116 cm³/mol. The van der Waals surface area contributed by atoms with Crippen molar-refractivity contribution in [2.45, 2.75) is 20.0 Å². The highest BCUT2D eigenvalue weighted by Gasteiger charge is 2.14. The molecule has 4 rings (SSSR count). The van der Waals surface area contributed by atoms with Gasteiger partial charge in [0, 0.05) is 25.5 Å². The van der Waals surface area contributed by atoms with Crippen LogP contribution in [0.2, 0.25) is 0 Å². The van der Waals surface area contributed by atoms with Gasteiger partial charge in [0.25, 0.3) is 0 Å². The Labute approximate surface area is 169 Å². The third-order valence-electron chi connectivity index (χ3n) is 4.69. The number of hydrogen-bond acceptors (Lipinski definition) is 7. The summed E-state index contributed by atoms with van der Waals surface area (Å²) >= 11 is 0. The first-order chi connectivity index (χ1) is 14.1. The molecule has 2 aromatic heterocycles. The molecular weight excluding hydrogens is 364 g/mol. The number of hydrogen-bond donors (Lipinski definition) is 2. The van der Waals surface area contributed by atoms with Crippen LogP contribution in [-0.2, 0) is 13.1 Å². The van der Waals surface area contributed by atoms with E-state index in [0.717, 1.165) is 45.4 Å². The van der Waals surface area contributed by atoms with E-state index in [2.05, 4.69) is 20.7 Å². The Morgan fingerprint density at radius 3 is 2.52 bits per heavy atom. The molecule has 29 heavy (non-hydrogen) atoms. The summed E-state index contributed by atoms with van der Waals surface area (Å²) in [4.78, 5) is 11.7. The van der Waals surface area contributed by atoms with E-state index in [1.54, 1.807) is 0 Å². The fraction of sp³-hybridized carbons (Fsp3) is 0.227. The second-order valence-corrected chi connectivity index (χ2v) is 6.92. The van der Waals surface area contributed by atoms with E-state index >= 15 is 0 Å². The molecule has 0 saturated carbocycles. The lowest BCUT2D eigenvalue weighted by atomic mass is 10.2. The summed E-state index contributed by atoms with van der Waals surface area (Å²) in [7, 11) is 3.91. The Morgan fingerprint density at radius 1 is 1.00 bits per heavy atom. The van der Waals surface area contributed by atoms with Crippen molar-refractivity contribution in [1.29, 1.82) is 0 Å². The van der Waals surface area contributed by atoms with Crippen LogP contribution in [0.5, 0.6) is 0 Å². The van der Waals surface area contributed by atoms with Crippen molar-refractivity contribution in [1.82, 2.24) is 15.1 Å². The molecule has 2 aromatic carbocycles. The van der Waals surface area contributed by atoms with Gasteiger partial charge in [-0.05, 0) is 31.2 Å². The lowest BCUT2D eigenvalue weighted by Crippen LogP contribution is -2.19. The van der Waals surface area contributed by atoms with Crippen LogP contribution >= 0.6 is 0 Å². The first-order valence-corrected chi connectivity index (χ1v) is 9.53. The SMILES string of the molecule is CNc1ccccc1NCc1nc(N(C)Cc2cc(C)no2)c2ccccc2n1. The number of rotatable bonds is 7. The maximum absolute atomic E-state index is 5.38. The zero-order chi connectivity index (χ0) is 20.2. The lowest BCUT2D eigenvalue weighted by molar-refractivity contribution is 0.379. The van der Waals surface area contributed by atoms with E-state index in [0.29, 0.717) is 13.1 Å². The average Bonchev–Trinajstić information content (AvgIpc) is 3.16. The number of aryl methyl sites for hydroxylation is 1. The normalized spacial score (nSPS) is 10.9. The molecule has 4 aromatic rings. The van der Waals surface area contributed by atoms with Gasteiger partial charge in [0.15, 0.2) is 5.76 Å². The highest BCUT2D eigenvalue weighted by Crippen LogP contribution is 2.25. The molecule has 0 amide bonds. The summed E-state index contributed by atoms with van der Waals surface area (Å²) in [5.41, 5.74) is 3.83. The van der Waals surface area contributed by atoms with E-state index in [-0.39, 0.29) is 0 Å². The summed E-state index contributed by atoms with van der Waals surface area (Å²) in [5.74, 6) is 2.39. The van der Waals surface area contributed by atoms with E-state index in [1.807, 2.05) is 75.6 Å². The summed E-state index contributed by atoms with van der Waals surface area (Å²) in [6.45, 7) is 3.02. The number of fused-ring (bicyclic) bond motifs is 1. The highest BCUT2D eigenvalue weighted by molar-refractivity contribution is 5.89. The first kappa shape index (κ1) is 18.7. The van der Waals surface area contributed by atoms with Crippen LogP contribution in [-0.4, -0.2) is 29.2 Å². The van der Waals surface area contributed by atoms with Crippen LogP contribution in [0.25, 0.3) is 10.9 Å². The fourth-order valence-electron chi connectivity index (χ4n) is 3.31. The molecule has 0 radical (unpaired) electrons. The van der Waals surface area contributed by atoms with Crippen LogP contribution in [0.4, 0.5) is 17.2 Å². The molecule has 0 aliphatic rings. The van der Waals surface area contributed by atoms with Crippen molar-refractivity contribution < 1.29 is 4.52 Å². The fourth-order valence-corrected chi connectivity index (χ4v) is 3.31. The summed E-state index contributed by atoms with van der Waals surface area (Å²) < 4.78 is 5.38. The van der Waals surface area contributed by atoms with Gasteiger partial charge in [-0.2, -0.15) is 0 Å². The molecule has 0 unspecified atom stereocenters. The number of nitrogens with one attached hydrogen (secondary N) is 2. The molecule has 0 aliphatic carbocycles. The highest BCUT2D eigenvalue weighted by atomic mass is 16.5. The Morgan fingerprint density at radius 2 is 1.76 bits per heavy atom. The number of benzene rings is 2. The van der Waals surface area contributed by atoms with Crippen LogP contribution in [0, 0.1) is 6.92 Å². The van der Waals surface area contributed by atoms with Crippen LogP contribution in [0.15, 0.2) is 59.1 Å². The van der Waals surface area contributed by atoms with Gasteiger partial charge >= 0.3 is 0 Å². The summed E-state index contributed by atoms with van der Waals surface area (Å²) in [5, 5.41) is 11.6. The van der Waals surface area contributed by atoms with E-state index in [1.165, 1.54) is 0 Å². The van der Waals surface area contributed by atoms with Gasteiger partial charge in [-0.1, -0.05) is 29.4 Å². The van der Waals surface area contributed by atoms with E-state index < -0.39 is 0 Å². The van der Waals surface area contributed by atoms with Gasteiger partial charge in [0.2, 0.25) is 0 Å². The van der Waals surface area contributed by atoms with Crippen molar-refractivity contribution in [3.05, 3.63) is 71.9 Å². The standard InChI is InChI=1S/C22H24N6O/c1-15-12-16(29-27-15)14-28(3)22-17-8-4-5-9-18(17)25-21(26-22)13-24-20-11-7-6-10-19(20)23-2/h4-12,23-24H,13-14H2,1-3H3. The van der Waals surface area contributed by atoms with Gasteiger partial charge < -0.3 is 20.1 Å². The van der Waals surface area contributed by atoms with Gasteiger partial charge in [0.1, 0.15) is 11.6 Å². The zero-order valence-corrected chi connectivity index (χ0v) is 16.8. The Bertz CT molecular complexity index is 1120. The second-order valence-electron chi connectivity index (χ2n) is 6.92. The third-order valence-corrected chi connectivity index (χ3v) is 4.69. The molecule has 0 aliphatic heterocycles. The smallest absolute Gasteiger partial charge is 0.156 e. The number of nitrogens with zero attached hydrogens (tertiary/aromatic N) is 4. The number of aromatic nitrogens is 3. The van der Waals surface area contributed by atoms with Gasteiger partial charge in [-0.3, -0.25) is 0 Å². The molecule has 2 N–H and O–H groups in total. The molecule has 0 bridgehead atoms. The lowest BCUT2D eigenvalue weighted by Gasteiger charge is -2.19. The van der Waals surface area contributed by atoms with Crippen molar-refractivity contribution in [3.8, 4) is 0 Å². The van der Waals surface area contributed by atoms with Crippen molar-refractivity contribution >= 4 is 28.1 Å². The minimum absolute atomic E-state index is 0.520. The van der Waals surface area contributed by atoms with Crippen LogP contribution < -0.4 is 15.5 Å². The molecule has 0 fully saturated rings. The Hall–Kier alpha value is -3.61. The predicted octanol–water partition coefficient (Wildman–Crippen LogP) is 4.22. The molecule has 148 valence electrons. The Balaban J connectivity index is 1.63. The monoisotopic (exact) mass is 388 g/mol. The van der Waals surface area contributed by atoms with Gasteiger partial charge in [-0.25, -0.2) is 9.97 Å². The number of anilines is 3.